The van der Waals surface area contributed by atoms with Gasteiger partial charge >= 0.3 is 0 Å². The van der Waals surface area contributed by atoms with Crippen molar-refractivity contribution >= 4 is 5.91 Å². The van der Waals surface area contributed by atoms with Gasteiger partial charge in [-0.05, 0) is 40.0 Å². The minimum atomic E-state index is 0.0911. The molecule has 2 rings (SSSR count). The molecule has 2 atom stereocenters. The number of hydrogen-bond donors (Lipinski definition) is 0. The zero-order valence-electron chi connectivity index (χ0n) is 10.6. The molecule has 0 N–H and O–H groups in total. The molecule has 5 nitrogen and oxygen atoms in total. The van der Waals surface area contributed by atoms with Crippen molar-refractivity contribution < 1.29 is 9.32 Å². The van der Waals surface area contributed by atoms with Crippen molar-refractivity contribution in [3.63, 3.8) is 0 Å². The van der Waals surface area contributed by atoms with Crippen molar-refractivity contribution in [1.29, 1.82) is 0 Å². The monoisotopic (exact) mass is 237 g/mol. The van der Waals surface area contributed by atoms with Gasteiger partial charge in [0.1, 0.15) is 6.42 Å². The lowest BCUT2D eigenvalue weighted by molar-refractivity contribution is -0.136. The van der Waals surface area contributed by atoms with E-state index in [2.05, 4.69) is 24.0 Å². The number of aromatic nitrogens is 2. The number of likely N-dealkylation sites (tertiary alicyclic amines) is 1. The van der Waals surface area contributed by atoms with Gasteiger partial charge in [0.05, 0.1) is 0 Å². The SMILES string of the molecule is Cc1noc(CC(=O)N2C(C)CCCC2C)n1. The fourth-order valence-corrected chi connectivity index (χ4v) is 2.55. The summed E-state index contributed by atoms with van der Waals surface area (Å²) < 4.78 is 4.99. The zero-order valence-corrected chi connectivity index (χ0v) is 10.6. The molecule has 1 aliphatic rings. The molecule has 2 heterocycles. The molecule has 0 aromatic carbocycles. The molecule has 0 saturated carbocycles. The highest BCUT2D eigenvalue weighted by Gasteiger charge is 2.29. The van der Waals surface area contributed by atoms with Gasteiger partial charge in [0, 0.05) is 12.1 Å². The van der Waals surface area contributed by atoms with Crippen molar-refractivity contribution in [2.75, 3.05) is 0 Å². The molecule has 17 heavy (non-hydrogen) atoms. The minimum absolute atomic E-state index is 0.0911. The van der Waals surface area contributed by atoms with Gasteiger partial charge in [-0.15, -0.1) is 0 Å². The summed E-state index contributed by atoms with van der Waals surface area (Å²) in [5, 5.41) is 3.70. The largest absolute Gasteiger partial charge is 0.339 e. The second kappa shape index (κ2) is 4.85. The van der Waals surface area contributed by atoms with E-state index in [1.165, 1.54) is 6.42 Å². The van der Waals surface area contributed by atoms with Gasteiger partial charge in [-0.1, -0.05) is 5.16 Å². The summed E-state index contributed by atoms with van der Waals surface area (Å²) in [5.74, 6) is 1.08. The van der Waals surface area contributed by atoms with Crippen molar-refractivity contribution in [3.05, 3.63) is 11.7 Å². The number of aryl methyl sites for hydroxylation is 1. The Bertz CT molecular complexity index is 392. The lowest BCUT2D eigenvalue weighted by Gasteiger charge is -2.38. The van der Waals surface area contributed by atoms with Crippen LogP contribution in [0.2, 0.25) is 0 Å². The third-order valence-corrected chi connectivity index (χ3v) is 3.35. The molecule has 0 bridgehead atoms. The molecule has 0 spiro atoms. The van der Waals surface area contributed by atoms with Crippen LogP contribution in [-0.4, -0.2) is 33.0 Å². The van der Waals surface area contributed by atoms with Crippen molar-refractivity contribution in [2.45, 2.75) is 58.5 Å². The molecule has 1 aromatic heterocycles. The lowest BCUT2D eigenvalue weighted by atomic mass is 9.97. The summed E-state index contributed by atoms with van der Waals surface area (Å²) >= 11 is 0. The number of amides is 1. The summed E-state index contributed by atoms with van der Waals surface area (Å²) in [7, 11) is 0. The highest BCUT2D eigenvalue weighted by atomic mass is 16.5. The lowest BCUT2D eigenvalue weighted by Crippen LogP contribution is -2.48. The molecule has 1 saturated heterocycles. The van der Waals surface area contributed by atoms with Crippen LogP contribution >= 0.6 is 0 Å². The van der Waals surface area contributed by atoms with Crippen LogP contribution in [0, 0.1) is 6.92 Å². The fourth-order valence-electron chi connectivity index (χ4n) is 2.55. The smallest absolute Gasteiger partial charge is 0.236 e. The van der Waals surface area contributed by atoms with Crippen molar-refractivity contribution in [3.8, 4) is 0 Å². The Morgan fingerprint density at radius 3 is 2.59 bits per heavy atom. The number of hydrogen-bond acceptors (Lipinski definition) is 4. The minimum Gasteiger partial charge on any atom is -0.339 e. The summed E-state index contributed by atoms with van der Waals surface area (Å²) in [6.45, 7) is 5.96. The number of carbonyl (C=O) groups excluding carboxylic acids is 1. The van der Waals surface area contributed by atoms with E-state index >= 15 is 0 Å². The van der Waals surface area contributed by atoms with Crippen LogP contribution in [-0.2, 0) is 11.2 Å². The van der Waals surface area contributed by atoms with E-state index in [0.29, 0.717) is 23.8 Å². The standard InChI is InChI=1S/C12H19N3O2/c1-8-5-4-6-9(2)15(8)12(16)7-11-13-10(3)14-17-11/h8-9H,4-7H2,1-3H3. The summed E-state index contributed by atoms with van der Waals surface area (Å²) in [6, 6.07) is 0.630. The van der Waals surface area contributed by atoms with Crippen LogP contribution in [0.4, 0.5) is 0 Å². The van der Waals surface area contributed by atoms with Crippen LogP contribution in [0.5, 0.6) is 0 Å². The molecule has 94 valence electrons. The van der Waals surface area contributed by atoms with E-state index in [9.17, 15) is 4.79 Å². The Kier molecular flexibility index (Phi) is 3.45. The van der Waals surface area contributed by atoms with Crippen LogP contribution in [0.15, 0.2) is 4.52 Å². The third-order valence-electron chi connectivity index (χ3n) is 3.35. The van der Waals surface area contributed by atoms with Gasteiger partial charge < -0.3 is 9.42 Å². The van der Waals surface area contributed by atoms with Crippen LogP contribution in [0.1, 0.15) is 44.8 Å². The van der Waals surface area contributed by atoms with E-state index in [-0.39, 0.29) is 12.3 Å². The first-order valence-corrected chi connectivity index (χ1v) is 6.18. The summed E-state index contributed by atoms with van der Waals surface area (Å²) in [5.41, 5.74) is 0. The number of nitrogens with zero attached hydrogens (tertiary/aromatic N) is 3. The van der Waals surface area contributed by atoms with E-state index in [0.717, 1.165) is 12.8 Å². The molecule has 1 aromatic rings. The predicted octanol–water partition coefficient (Wildman–Crippen LogP) is 1.71. The third kappa shape index (κ3) is 2.65. The molecule has 0 radical (unpaired) electrons. The molecular weight excluding hydrogens is 218 g/mol. The Labute approximate surface area is 101 Å². The molecule has 1 amide bonds. The summed E-state index contributed by atoms with van der Waals surface area (Å²) in [4.78, 5) is 18.2. The van der Waals surface area contributed by atoms with Gasteiger partial charge in [-0.25, -0.2) is 0 Å². The zero-order chi connectivity index (χ0) is 12.4. The number of carbonyl (C=O) groups is 1. The van der Waals surface area contributed by atoms with Gasteiger partial charge in [0.2, 0.25) is 11.8 Å². The molecular formula is C12H19N3O2. The molecule has 1 fully saturated rings. The van der Waals surface area contributed by atoms with Gasteiger partial charge in [-0.2, -0.15) is 4.98 Å². The second-order valence-electron chi connectivity index (χ2n) is 4.84. The van der Waals surface area contributed by atoms with E-state index in [4.69, 9.17) is 4.52 Å². The topological polar surface area (TPSA) is 59.2 Å². The molecule has 5 heteroatoms. The van der Waals surface area contributed by atoms with E-state index in [1.54, 1.807) is 6.92 Å². The molecule has 1 aliphatic heterocycles. The van der Waals surface area contributed by atoms with Gasteiger partial charge in [0.15, 0.2) is 5.82 Å². The second-order valence-corrected chi connectivity index (χ2v) is 4.84. The maximum atomic E-state index is 12.2. The fraction of sp³-hybridized carbons (Fsp3) is 0.750. The van der Waals surface area contributed by atoms with Crippen LogP contribution in [0.3, 0.4) is 0 Å². The number of rotatable bonds is 2. The van der Waals surface area contributed by atoms with Gasteiger partial charge in [0.25, 0.3) is 0 Å². The average molecular weight is 237 g/mol. The number of piperidine rings is 1. The van der Waals surface area contributed by atoms with E-state index in [1.807, 2.05) is 4.90 Å². The average Bonchev–Trinajstić information content (AvgIpc) is 2.63. The van der Waals surface area contributed by atoms with Crippen LogP contribution < -0.4 is 0 Å². The highest BCUT2D eigenvalue weighted by Crippen LogP contribution is 2.23. The van der Waals surface area contributed by atoms with Gasteiger partial charge in [-0.3, -0.25) is 4.79 Å². The normalized spacial score (nSPS) is 25.0. The molecule has 0 aliphatic carbocycles. The Balaban J connectivity index is 2.03. The van der Waals surface area contributed by atoms with Crippen molar-refractivity contribution in [1.82, 2.24) is 15.0 Å². The first kappa shape index (κ1) is 12.1. The Morgan fingerprint density at radius 2 is 2.06 bits per heavy atom. The Morgan fingerprint density at radius 1 is 1.41 bits per heavy atom. The Hall–Kier alpha value is -1.39. The summed E-state index contributed by atoms with van der Waals surface area (Å²) in [6.07, 6.45) is 3.58. The first-order chi connectivity index (χ1) is 8.08. The van der Waals surface area contributed by atoms with Crippen molar-refractivity contribution in [2.24, 2.45) is 0 Å². The quantitative estimate of drug-likeness (QED) is 0.785. The van der Waals surface area contributed by atoms with Crippen LogP contribution in [0.25, 0.3) is 0 Å². The first-order valence-electron chi connectivity index (χ1n) is 6.18. The molecule has 2 unspecified atom stereocenters. The maximum absolute atomic E-state index is 12.2. The van der Waals surface area contributed by atoms with E-state index < -0.39 is 0 Å². The maximum Gasteiger partial charge on any atom is 0.236 e. The highest BCUT2D eigenvalue weighted by molar-refractivity contribution is 5.78. The predicted molar refractivity (Wildman–Crippen MR) is 62.4 cm³/mol.